The van der Waals surface area contributed by atoms with E-state index < -0.39 is 10.7 Å². The molecule has 1 aromatic carbocycles. The van der Waals surface area contributed by atoms with E-state index in [0.29, 0.717) is 29.2 Å². The van der Waals surface area contributed by atoms with Crippen molar-refractivity contribution in [2.45, 2.75) is 5.03 Å². The Morgan fingerprint density at radius 1 is 1.56 bits per heavy atom. The maximum Gasteiger partial charge on any atom is 0.273 e. The Kier molecular flexibility index (Phi) is 7.36. The van der Waals surface area contributed by atoms with Crippen molar-refractivity contribution in [1.82, 2.24) is 15.6 Å². The van der Waals surface area contributed by atoms with Gasteiger partial charge >= 0.3 is 0 Å². The number of hydrogen-bond acceptors (Lipinski definition) is 10. The Labute approximate surface area is 164 Å². The fourth-order valence-corrected chi connectivity index (χ4v) is 2.90. The smallest absolute Gasteiger partial charge is 0.273 e. The molecule has 0 fully saturated rings. The molecule has 2 aromatic rings. The second-order valence-corrected chi connectivity index (χ2v) is 6.70. The Balaban J connectivity index is 1.99. The molecule has 0 unspecified atom stereocenters. The second kappa shape index (κ2) is 9.72. The highest BCUT2D eigenvalue weighted by Crippen LogP contribution is 2.23. The topological polar surface area (TPSA) is 165 Å². The maximum atomic E-state index is 13.3. The third-order valence-electron chi connectivity index (χ3n) is 2.88. The van der Waals surface area contributed by atoms with Crippen LogP contribution in [-0.2, 0) is 0 Å². The van der Waals surface area contributed by atoms with Gasteiger partial charge in [-0.1, -0.05) is 16.9 Å². The number of amidine groups is 1. The number of benzene rings is 1. The van der Waals surface area contributed by atoms with Crippen LogP contribution in [0.15, 0.2) is 49.5 Å². The SMILES string of the molecule is N/C(=C\[N+](=O)[O-])NCCSc1nonc1/C(=N\O)Nc1ccc(F)c(Br)c1. The Bertz CT molecular complexity index is 876. The molecule has 0 aliphatic carbocycles. The summed E-state index contributed by atoms with van der Waals surface area (Å²) in [6.45, 7) is 0.303. The highest BCUT2D eigenvalue weighted by Gasteiger charge is 2.18. The van der Waals surface area contributed by atoms with Gasteiger partial charge in [0.15, 0.2) is 16.5 Å². The first-order valence-electron chi connectivity index (χ1n) is 7.15. The molecule has 0 aliphatic heterocycles. The molecule has 0 aliphatic rings. The minimum Gasteiger partial charge on any atom is -0.409 e. The summed E-state index contributed by atoms with van der Waals surface area (Å²) >= 11 is 4.25. The van der Waals surface area contributed by atoms with Gasteiger partial charge in [0, 0.05) is 18.0 Å². The molecule has 1 heterocycles. The van der Waals surface area contributed by atoms with Crippen molar-refractivity contribution >= 4 is 39.2 Å². The predicted molar refractivity (Wildman–Crippen MR) is 98.3 cm³/mol. The van der Waals surface area contributed by atoms with E-state index in [1.54, 1.807) is 0 Å². The van der Waals surface area contributed by atoms with Crippen LogP contribution in [0, 0.1) is 15.9 Å². The Morgan fingerprint density at radius 3 is 3.00 bits per heavy atom. The van der Waals surface area contributed by atoms with Gasteiger partial charge in [-0.15, -0.1) is 0 Å². The Hall–Kier alpha value is -2.87. The molecule has 1 aromatic heterocycles. The molecule has 0 bridgehead atoms. The lowest BCUT2D eigenvalue weighted by Crippen LogP contribution is -2.23. The largest absolute Gasteiger partial charge is 0.409 e. The van der Waals surface area contributed by atoms with Gasteiger partial charge in [-0.25, -0.2) is 9.02 Å². The first kappa shape index (κ1) is 20.4. The standard InChI is InChI=1S/C13H13BrFN7O4S/c14-8-5-7(1-2-9(8)15)18-12(19-23)11-13(21-26-20-11)27-4-3-17-10(16)6-22(24)25/h1-2,5-6,17,23H,3-4,16H2,(H,18,19)/b10-6+. The maximum absolute atomic E-state index is 13.3. The number of aromatic nitrogens is 2. The van der Waals surface area contributed by atoms with Crippen molar-refractivity contribution in [3.63, 3.8) is 0 Å². The van der Waals surface area contributed by atoms with Crippen LogP contribution in [0.25, 0.3) is 0 Å². The number of rotatable bonds is 8. The van der Waals surface area contributed by atoms with E-state index in [-0.39, 0.29) is 21.8 Å². The number of nitrogens with two attached hydrogens (primary N) is 1. The molecule has 5 N–H and O–H groups in total. The molecule has 27 heavy (non-hydrogen) atoms. The third-order valence-corrected chi connectivity index (χ3v) is 4.44. The molecule has 0 atom stereocenters. The van der Waals surface area contributed by atoms with E-state index in [1.165, 1.54) is 30.0 Å². The van der Waals surface area contributed by atoms with Gasteiger partial charge in [-0.2, -0.15) is 0 Å². The number of thioether (sulfide) groups is 1. The zero-order valence-electron chi connectivity index (χ0n) is 13.4. The van der Waals surface area contributed by atoms with E-state index in [4.69, 9.17) is 5.73 Å². The fraction of sp³-hybridized carbons (Fsp3) is 0.154. The monoisotopic (exact) mass is 461 g/mol. The molecule has 0 amide bonds. The fourth-order valence-electron chi connectivity index (χ4n) is 1.76. The lowest BCUT2D eigenvalue weighted by molar-refractivity contribution is -0.403. The minimum atomic E-state index is -0.668. The van der Waals surface area contributed by atoms with Gasteiger partial charge in [0.2, 0.25) is 5.84 Å². The summed E-state index contributed by atoms with van der Waals surface area (Å²) in [5, 5.41) is 35.8. The molecule has 0 saturated heterocycles. The van der Waals surface area contributed by atoms with Gasteiger partial charge in [-0.3, -0.25) is 10.1 Å². The first-order valence-corrected chi connectivity index (χ1v) is 8.93. The van der Waals surface area contributed by atoms with Gasteiger partial charge < -0.3 is 21.6 Å². The lowest BCUT2D eigenvalue weighted by Gasteiger charge is -2.07. The number of nitro groups is 1. The number of nitrogens with zero attached hydrogens (tertiary/aromatic N) is 4. The average molecular weight is 462 g/mol. The van der Waals surface area contributed by atoms with Crippen molar-refractivity contribution < 1.29 is 19.2 Å². The number of halogens is 2. The van der Waals surface area contributed by atoms with Gasteiger partial charge in [0.25, 0.3) is 6.20 Å². The zero-order chi connectivity index (χ0) is 19.8. The molecule has 14 heteroatoms. The molecular weight excluding hydrogens is 449 g/mol. The third kappa shape index (κ3) is 6.10. The first-order chi connectivity index (χ1) is 12.9. The van der Waals surface area contributed by atoms with E-state index in [1.807, 2.05) is 0 Å². The van der Waals surface area contributed by atoms with Gasteiger partial charge in [0.1, 0.15) is 5.82 Å². The zero-order valence-corrected chi connectivity index (χ0v) is 15.8. The molecule has 0 radical (unpaired) electrons. The van der Waals surface area contributed by atoms with Crippen LogP contribution in [0.1, 0.15) is 5.69 Å². The number of anilines is 1. The molecule has 0 saturated carbocycles. The molecule has 2 rings (SSSR count). The number of hydrogen-bond donors (Lipinski definition) is 4. The highest BCUT2D eigenvalue weighted by atomic mass is 79.9. The minimum absolute atomic E-state index is 0.0574. The van der Waals surface area contributed by atoms with E-state index in [9.17, 15) is 19.7 Å². The van der Waals surface area contributed by atoms with Crippen LogP contribution >= 0.6 is 27.7 Å². The highest BCUT2D eigenvalue weighted by molar-refractivity contribution is 9.10. The summed E-state index contributed by atoms with van der Waals surface area (Å²) in [6.07, 6.45) is 0.648. The van der Waals surface area contributed by atoms with E-state index >= 15 is 0 Å². The van der Waals surface area contributed by atoms with Crippen LogP contribution in [0.2, 0.25) is 0 Å². The summed E-state index contributed by atoms with van der Waals surface area (Å²) in [5.41, 5.74) is 5.98. The molecule has 144 valence electrons. The summed E-state index contributed by atoms with van der Waals surface area (Å²) in [6, 6.07) is 4.13. The van der Waals surface area contributed by atoms with Crippen molar-refractivity contribution in [3.05, 3.63) is 56.3 Å². The lowest BCUT2D eigenvalue weighted by atomic mass is 10.3. The summed E-state index contributed by atoms with van der Waals surface area (Å²) in [4.78, 5) is 9.61. The van der Waals surface area contributed by atoms with Crippen molar-refractivity contribution in [2.75, 3.05) is 17.6 Å². The van der Waals surface area contributed by atoms with Crippen LogP contribution in [0.4, 0.5) is 10.1 Å². The number of oxime groups is 1. The molecule has 11 nitrogen and oxygen atoms in total. The predicted octanol–water partition coefficient (Wildman–Crippen LogP) is 1.94. The van der Waals surface area contributed by atoms with Crippen molar-refractivity contribution in [2.24, 2.45) is 10.9 Å². The Morgan fingerprint density at radius 2 is 2.33 bits per heavy atom. The molecular formula is C13H13BrFN7O4S. The van der Waals surface area contributed by atoms with E-state index in [0.717, 1.165) is 0 Å². The summed E-state index contributed by atoms with van der Waals surface area (Å²) in [7, 11) is 0. The molecule has 0 spiro atoms. The van der Waals surface area contributed by atoms with Crippen LogP contribution < -0.4 is 16.4 Å². The van der Waals surface area contributed by atoms with Crippen LogP contribution in [0.5, 0.6) is 0 Å². The summed E-state index contributed by atoms with van der Waals surface area (Å²) < 4.78 is 18.2. The van der Waals surface area contributed by atoms with Crippen LogP contribution in [0.3, 0.4) is 0 Å². The average Bonchev–Trinajstić information content (AvgIpc) is 3.07. The van der Waals surface area contributed by atoms with Crippen molar-refractivity contribution in [3.8, 4) is 0 Å². The van der Waals surface area contributed by atoms with Crippen molar-refractivity contribution in [1.29, 1.82) is 0 Å². The van der Waals surface area contributed by atoms with Gasteiger partial charge in [-0.05, 0) is 44.4 Å². The number of nitrogens with one attached hydrogen (secondary N) is 2. The van der Waals surface area contributed by atoms with Crippen LogP contribution in [-0.4, -0.2) is 38.6 Å². The second-order valence-electron chi connectivity index (χ2n) is 4.77. The van der Waals surface area contributed by atoms with Gasteiger partial charge in [0.05, 0.1) is 9.40 Å². The normalized spacial score (nSPS) is 12.1. The summed E-state index contributed by atoms with van der Waals surface area (Å²) in [5.74, 6) is -0.174. The van der Waals surface area contributed by atoms with E-state index in [2.05, 4.69) is 46.7 Å². The quantitative estimate of drug-likeness (QED) is 0.0866.